The molecule has 0 bridgehead atoms. The number of hydrogen-bond acceptors (Lipinski definition) is 2. The molecule has 1 atom stereocenters. The third kappa shape index (κ3) is 1.58. The number of carbonyl (C=O) groups is 1. The van der Waals surface area contributed by atoms with Crippen LogP contribution in [0.25, 0.3) is 0 Å². The van der Waals surface area contributed by atoms with E-state index in [2.05, 4.69) is 11.4 Å². The van der Waals surface area contributed by atoms with Crippen LogP contribution < -0.4 is 5.32 Å². The lowest BCUT2D eigenvalue weighted by Gasteiger charge is -2.05. The zero-order valence-electron chi connectivity index (χ0n) is 8.42. The topological polar surface area (TPSA) is 29.1 Å². The zero-order chi connectivity index (χ0) is 9.97. The van der Waals surface area contributed by atoms with E-state index in [4.69, 9.17) is 0 Å². The number of nitrogens with one attached hydrogen (secondary N) is 1. The van der Waals surface area contributed by atoms with E-state index in [1.165, 1.54) is 5.56 Å². The predicted octanol–water partition coefficient (Wildman–Crippen LogP) is 1.65. The molecule has 0 spiro atoms. The monoisotopic (exact) mass is 189 g/mol. The third-order valence-electron chi connectivity index (χ3n) is 2.86. The average Bonchev–Trinajstić information content (AvgIpc) is 2.54. The van der Waals surface area contributed by atoms with Gasteiger partial charge in [0.15, 0.2) is 5.78 Å². The van der Waals surface area contributed by atoms with E-state index < -0.39 is 0 Å². The molecule has 1 N–H and O–H groups in total. The number of rotatable bonds is 3. The zero-order valence-corrected chi connectivity index (χ0v) is 8.42. The summed E-state index contributed by atoms with van der Waals surface area (Å²) >= 11 is 0. The lowest BCUT2D eigenvalue weighted by atomic mass is 10.0. The van der Waals surface area contributed by atoms with Gasteiger partial charge < -0.3 is 5.32 Å². The lowest BCUT2D eigenvalue weighted by Crippen LogP contribution is -2.17. The van der Waals surface area contributed by atoms with E-state index in [1.54, 1.807) is 0 Å². The highest BCUT2D eigenvalue weighted by Gasteiger charge is 2.28. The number of hydrogen-bond donors (Lipinski definition) is 1. The van der Waals surface area contributed by atoms with Gasteiger partial charge in [-0.05, 0) is 32.0 Å². The minimum Gasteiger partial charge on any atom is -0.320 e. The van der Waals surface area contributed by atoms with Gasteiger partial charge in [0.1, 0.15) is 0 Å². The van der Waals surface area contributed by atoms with Gasteiger partial charge in [0.25, 0.3) is 0 Å². The number of Topliss-reactive ketones (excluding diaryl/α,β-unsaturated/α-hetero) is 1. The Hall–Kier alpha value is -1.15. The van der Waals surface area contributed by atoms with E-state index in [1.807, 2.05) is 25.2 Å². The fraction of sp³-hybridized carbons (Fsp3) is 0.417. The largest absolute Gasteiger partial charge is 0.320 e. The van der Waals surface area contributed by atoms with Gasteiger partial charge in [0, 0.05) is 11.5 Å². The Morgan fingerprint density at radius 3 is 2.93 bits per heavy atom. The maximum Gasteiger partial charge on any atom is 0.166 e. The quantitative estimate of drug-likeness (QED) is 0.783. The first-order chi connectivity index (χ1) is 6.83. The Morgan fingerprint density at radius 1 is 1.43 bits per heavy atom. The Labute approximate surface area is 84.3 Å². The molecule has 1 aromatic carbocycles. The van der Waals surface area contributed by atoms with E-state index in [9.17, 15) is 4.79 Å². The van der Waals surface area contributed by atoms with Crippen LogP contribution in [0.15, 0.2) is 24.3 Å². The van der Waals surface area contributed by atoms with Crippen molar-refractivity contribution in [1.82, 2.24) is 5.32 Å². The third-order valence-corrected chi connectivity index (χ3v) is 2.86. The minimum atomic E-state index is 0.208. The molecule has 0 heterocycles. The highest BCUT2D eigenvalue weighted by atomic mass is 16.1. The van der Waals surface area contributed by atoms with E-state index >= 15 is 0 Å². The lowest BCUT2D eigenvalue weighted by molar-refractivity contribution is 0.0931. The molecule has 1 aliphatic rings. The van der Waals surface area contributed by atoms with Crippen LogP contribution >= 0.6 is 0 Å². The summed E-state index contributed by atoms with van der Waals surface area (Å²) < 4.78 is 0. The second-order valence-corrected chi connectivity index (χ2v) is 3.81. The van der Waals surface area contributed by atoms with E-state index in [0.29, 0.717) is 5.78 Å². The molecule has 0 saturated heterocycles. The summed E-state index contributed by atoms with van der Waals surface area (Å²) in [4.78, 5) is 11.9. The van der Waals surface area contributed by atoms with Gasteiger partial charge in [0.2, 0.25) is 0 Å². The minimum absolute atomic E-state index is 0.208. The van der Waals surface area contributed by atoms with Gasteiger partial charge in [-0.1, -0.05) is 24.3 Å². The molecular formula is C12H15NO. The molecule has 1 aliphatic carbocycles. The van der Waals surface area contributed by atoms with Gasteiger partial charge in [0.05, 0.1) is 0 Å². The summed E-state index contributed by atoms with van der Waals surface area (Å²) in [6.45, 7) is 0.921. The highest BCUT2D eigenvalue weighted by molar-refractivity contribution is 6.02. The molecule has 2 rings (SSSR count). The Morgan fingerprint density at radius 2 is 2.21 bits per heavy atom. The van der Waals surface area contributed by atoms with Crippen LogP contribution in [0.3, 0.4) is 0 Å². The van der Waals surface area contributed by atoms with Crippen molar-refractivity contribution in [2.75, 3.05) is 13.6 Å². The SMILES string of the molecule is CNCCC1Cc2ccccc2C1=O. The van der Waals surface area contributed by atoms with E-state index in [-0.39, 0.29) is 5.92 Å². The molecular weight excluding hydrogens is 174 g/mol. The molecule has 0 aromatic heterocycles. The molecule has 14 heavy (non-hydrogen) atoms. The van der Waals surface area contributed by atoms with Crippen molar-refractivity contribution in [3.8, 4) is 0 Å². The molecule has 2 heteroatoms. The maximum atomic E-state index is 11.9. The number of carbonyl (C=O) groups excluding carboxylic acids is 1. The van der Waals surface area contributed by atoms with Crippen LogP contribution in [0, 0.1) is 5.92 Å². The van der Waals surface area contributed by atoms with Crippen molar-refractivity contribution in [1.29, 1.82) is 0 Å². The summed E-state index contributed by atoms with van der Waals surface area (Å²) in [7, 11) is 1.92. The molecule has 0 radical (unpaired) electrons. The van der Waals surface area contributed by atoms with Gasteiger partial charge >= 0.3 is 0 Å². The molecule has 1 unspecified atom stereocenters. The molecule has 0 saturated carbocycles. The predicted molar refractivity (Wildman–Crippen MR) is 56.5 cm³/mol. The van der Waals surface area contributed by atoms with Crippen LogP contribution in [0.5, 0.6) is 0 Å². The summed E-state index contributed by atoms with van der Waals surface area (Å²) in [6.07, 6.45) is 1.88. The summed E-state index contributed by atoms with van der Waals surface area (Å²) in [5.74, 6) is 0.538. The van der Waals surface area contributed by atoms with E-state index in [0.717, 1.165) is 24.9 Å². The van der Waals surface area contributed by atoms with Crippen LogP contribution in [0.1, 0.15) is 22.3 Å². The number of ketones is 1. The molecule has 0 fully saturated rings. The number of benzene rings is 1. The summed E-state index contributed by atoms with van der Waals surface area (Å²) in [6, 6.07) is 7.95. The summed E-state index contributed by atoms with van der Waals surface area (Å²) in [5.41, 5.74) is 2.16. The van der Waals surface area contributed by atoms with Crippen molar-refractivity contribution in [3.05, 3.63) is 35.4 Å². The van der Waals surface area contributed by atoms with Crippen molar-refractivity contribution in [2.24, 2.45) is 5.92 Å². The van der Waals surface area contributed by atoms with Crippen molar-refractivity contribution in [2.45, 2.75) is 12.8 Å². The smallest absolute Gasteiger partial charge is 0.166 e. The van der Waals surface area contributed by atoms with Gasteiger partial charge in [-0.3, -0.25) is 4.79 Å². The standard InChI is InChI=1S/C12H15NO/c1-13-7-6-10-8-9-4-2-3-5-11(9)12(10)14/h2-5,10,13H,6-8H2,1H3. The van der Waals surface area contributed by atoms with Crippen LogP contribution in [-0.2, 0) is 6.42 Å². The first-order valence-corrected chi connectivity index (χ1v) is 5.09. The Balaban J connectivity index is 2.13. The first-order valence-electron chi connectivity index (χ1n) is 5.09. The Bertz CT molecular complexity index is 346. The van der Waals surface area contributed by atoms with Crippen LogP contribution in [0.2, 0.25) is 0 Å². The van der Waals surface area contributed by atoms with Crippen LogP contribution in [-0.4, -0.2) is 19.4 Å². The van der Waals surface area contributed by atoms with Gasteiger partial charge in [-0.25, -0.2) is 0 Å². The van der Waals surface area contributed by atoms with Crippen LogP contribution in [0.4, 0.5) is 0 Å². The van der Waals surface area contributed by atoms with Gasteiger partial charge in [-0.15, -0.1) is 0 Å². The van der Waals surface area contributed by atoms with Crippen molar-refractivity contribution in [3.63, 3.8) is 0 Å². The highest BCUT2D eigenvalue weighted by Crippen LogP contribution is 2.28. The molecule has 0 amide bonds. The normalized spacial score (nSPS) is 19.8. The second-order valence-electron chi connectivity index (χ2n) is 3.81. The fourth-order valence-electron chi connectivity index (χ4n) is 2.07. The van der Waals surface area contributed by atoms with Crippen molar-refractivity contribution >= 4 is 5.78 Å². The molecule has 1 aromatic rings. The summed E-state index contributed by atoms with van der Waals surface area (Å²) in [5, 5.41) is 3.09. The second kappa shape index (κ2) is 3.93. The molecule has 2 nitrogen and oxygen atoms in total. The first kappa shape index (κ1) is 9.41. The Kier molecular flexibility index (Phi) is 2.64. The van der Waals surface area contributed by atoms with Crippen molar-refractivity contribution < 1.29 is 4.79 Å². The average molecular weight is 189 g/mol. The maximum absolute atomic E-state index is 11.9. The molecule has 74 valence electrons. The van der Waals surface area contributed by atoms with Gasteiger partial charge in [-0.2, -0.15) is 0 Å². The molecule has 0 aliphatic heterocycles. The number of fused-ring (bicyclic) bond motifs is 1. The fourth-order valence-corrected chi connectivity index (χ4v) is 2.07.